The average Bonchev–Trinajstić information content (AvgIpc) is 2.86. The lowest BCUT2D eigenvalue weighted by Crippen LogP contribution is -2.02. The van der Waals surface area contributed by atoms with Crippen molar-refractivity contribution in [3.8, 4) is 16.2 Å². The maximum Gasteiger partial charge on any atom is 0.358 e. The van der Waals surface area contributed by atoms with Crippen molar-refractivity contribution in [3.63, 3.8) is 0 Å². The number of benzene rings is 1. The quantitative estimate of drug-likeness (QED) is 0.811. The van der Waals surface area contributed by atoms with Crippen molar-refractivity contribution in [2.75, 3.05) is 14.2 Å². The minimum atomic E-state index is -0.460. The number of rotatable bonds is 3. The van der Waals surface area contributed by atoms with Gasteiger partial charge in [0, 0.05) is 0 Å². The van der Waals surface area contributed by atoms with E-state index in [2.05, 4.69) is 9.72 Å². The molecule has 0 bridgehead atoms. The van der Waals surface area contributed by atoms with Crippen LogP contribution in [-0.2, 0) is 4.74 Å². The Morgan fingerprint density at radius 3 is 2.78 bits per heavy atom. The lowest BCUT2D eigenvalue weighted by Gasteiger charge is -2.05. The topological polar surface area (TPSA) is 48.4 Å². The second kappa shape index (κ2) is 5.37. The first-order chi connectivity index (χ1) is 8.67. The van der Waals surface area contributed by atoms with Gasteiger partial charge in [-0.3, -0.25) is 0 Å². The van der Waals surface area contributed by atoms with Crippen LogP contribution in [0.5, 0.6) is 5.75 Å². The van der Waals surface area contributed by atoms with E-state index in [1.54, 1.807) is 24.8 Å². The number of halogens is 1. The van der Waals surface area contributed by atoms with Crippen LogP contribution >= 0.6 is 22.9 Å². The van der Waals surface area contributed by atoms with Crippen molar-refractivity contribution in [2.24, 2.45) is 0 Å². The number of ether oxygens (including phenoxy) is 2. The number of hydrogen-bond donors (Lipinski definition) is 0. The fourth-order valence-electron chi connectivity index (χ4n) is 1.50. The third kappa shape index (κ3) is 2.32. The molecule has 0 aliphatic rings. The molecular weight excluding hydrogens is 274 g/mol. The smallest absolute Gasteiger partial charge is 0.358 e. The van der Waals surface area contributed by atoms with Gasteiger partial charge in [0.2, 0.25) is 0 Å². The molecule has 0 spiro atoms. The van der Waals surface area contributed by atoms with Gasteiger partial charge in [0.1, 0.15) is 5.75 Å². The number of carbonyl (C=O) groups excluding carboxylic acids is 1. The highest BCUT2D eigenvalue weighted by Crippen LogP contribution is 2.33. The van der Waals surface area contributed by atoms with Gasteiger partial charge in [0.25, 0.3) is 0 Å². The van der Waals surface area contributed by atoms with Crippen molar-refractivity contribution in [1.29, 1.82) is 0 Å². The van der Waals surface area contributed by atoms with Gasteiger partial charge in [0.05, 0.1) is 29.6 Å². The molecule has 4 nitrogen and oxygen atoms in total. The Labute approximate surface area is 113 Å². The van der Waals surface area contributed by atoms with Crippen LogP contribution in [0.1, 0.15) is 10.5 Å². The Bertz CT molecular complexity index is 582. The zero-order valence-corrected chi connectivity index (χ0v) is 11.3. The van der Waals surface area contributed by atoms with E-state index < -0.39 is 5.97 Å². The van der Waals surface area contributed by atoms with Crippen molar-refractivity contribution in [2.45, 2.75) is 0 Å². The number of aromatic nitrogens is 1. The van der Waals surface area contributed by atoms with Crippen LogP contribution in [0.25, 0.3) is 10.4 Å². The SMILES string of the molecule is COC(=O)c1ncsc1-c1ccc(OC)c(Cl)c1. The fraction of sp³-hybridized carbons (Fsp3) is 0.167. The van der Waals surface area contributed by atoms with Crippen molar-refractivity contribution >= 4 is 28.9 Å². The summed E-state index contributed by atoms with van der Waals surface area (Å²) in [5.41, 5.74) is 2.70. The summed E-state index contributed by atoms with van der Waals surface area (Å²) >= 11 is 7.41. The highest BCUT2D eigenvalue weighted by molar-refractivity contribution is 7.13. The van der Waals surface area contributed by atoms with E-state index in [-0.39, 0.29) is 0 Å². The number of carbonyl (C=O) groups is 1. The number of thiazole rings is 1. The molecule has 0 radical (unpaired) electrons. The highest BCUT2D eigenvalue weighted by Gasteiger charge is 2.17. The molecule has 6 heteroatoms. The van der Waals surface area contributed by atoms with Crippen molar-refractivity contribution in [3.05, 3.63) is 34.4 Å². The predicted octanol–water partition coefficient (Wildman–Crippen LogP) is 3.26. The molecule has 0 saturated carbocycles. The summed E-state index contributed by atoms with van der Waals surface area (Å²) in [5, 5.41) is 0.485. The number of methoxy groups -OCH3 is 2. The van der Waals surface area contributed by atoms with Crippen molar-refractivity contribution < 1.29 is 14.3 Å². The summed E-state index contributed by atoms with van der Waals surface area (Å²) < 4.78 is 9.76. The molecule has 1 heterocycles. The molecular formula is C12H10ClNO3S. The largest absolute Gasteiger partial charge is 0.495 e. The molecule has 1 aromatic carbocycles. The minimum Gasteiger partial charge on any atom is -0.495 e. The van der Waals surface area contributed by atoms with Gasteiger partial charge < -0.3 is 9.47 Å². The molecule has 0 atom stereocenters. The Morgan fingerprint density at radius 2 is 2.17 bits per heavy atom. The zero-order valence-electron chi connectivity index (χ0n) is 9.77. The molecule has 1 aromatic heterocycles. The van der Waals surface area contributed by atoms with Crippen LogP contribution in [0.2, 0.25) is 5.02 Å². The van der Waals surface area contributed by atoms with Crippen LogP contribution < -0.4 is 4.74 Å². The zero-order chi connectivity index (χ0) is 13.1. The van der Waals surface area contributed by atoms with Crippen LogP contribution in [0.3, 0.4) is 0 Å². The highest BCUT2D eigenvalue weighted by atomic mass is 35.5. The van der Waals surface area contributed by atoms with Gasteiger partial charge in [-0.2, -0.15) is 0 Å². The second-order valence-electron chi connectivity index (χ2n) is 3.37. The molecule has 0 unspecified atom stereocenters. The molecule has 18 heavy (non-hydrogen) atoms. The van der Waals surface area contributed by atoms with Gasteiger partial charge in [-0.1, -0.05) is 11.6 Å². The maximum atomic E-state index is 11.5. The lowest BCUT2D eigenvalue weighted by atomic mass is 10.1. The minimum absolute atomic E-state index is 0.295. The lowest BCUT2D eigenvalue weighted by molar-refractivity contribution is 0.0596. The van der Waals surface area contributed by atoms with Gasteiger partial charge >= 0.3 is 5.97 Å². The summed E-state index contributed by atoms with van der Waals surface area (Å²) in [4.78, 5) is 16.3. The third-order valence-corrected chi connectivity index (χ3v) is 3.53. The Kier molecular flexibility index (Phi) is 3.84. The van der Waals surface area contributed by atoms with Crippen LogP contribution in [0.4, 0.5) is 0 Å². The van der Waals surface area contributed by atoms with E-state index in [4.69, 9.17) is 16.3 Å². The number of hydrogen-bond acceptors (Lipinski definition) is 5. The molecule has 0 aliphatic heterocycles. The molecule has 0 saturated heterocycles. The van der Waals surface area contributed by atoms with E-state index in [1.807, 2.05) is 6.07 Å². The first-order valence-corrected chi connectivity index (χ1v) is 6.29. The van der Waals surface area contributed by atoms with E-state index in [9.17, 15) is 4.79 Å². The maximum absolute atomic E-state index is 11.5. The van der Waals surface area contributed by atoms with Crippen LogP contribution in [0.15, 0.2) is 23.7 Å². The molecule has 0 amide bonds. The Balaban J connectivity index is 2.46. The predicted molar refractivity (Wildman–Crippen MR) is 70.5 cm³/mol. The Hall–Kier alpha value is -1.59. The standard InChI is InChI=1S/C12H10ClNO3S/c1-16-9-4-3-7(5-8(9)13)11-10(12(15)17-2)14-6-18-11/h3-6H,1-2H3. The first-order valence-electron chi connectivity index (χ1n) is 5.03. The van der Waals surface area contributed by atoms with E-state index in [0.717, 1.165) is 10.4 Å². The molecule has 0 N–H and O–H groups in total. The monoisotopic (exact) mass is 283 g/mol. The van der Waals surface area contributed by atoms with Gasteiger partial charge in [-0.05, 0) is 23.8 Å². The van der Waals surface area contributed by atoms with Gasteiger partial charge in [-0.25, -0.2) is 9.78 Å². The first kappa shape index (κ1) is 12.9. The third-order valence-electron chi connectivity index (χ3n) is 2.36. The summed E-state index contributed by atoms with van der Waals surface area (Å²) in [6.45, 7) is 0. The summed E-state index contributed by atoms with van der Waals surface area (Å²) in [7, 11) is 2.87. The summed E-state index contributed by atoms with van der Waals surface area (Å²) in [6, 6.07) is 5.31. The summed E-state index contributed by atoms with van der Waals surface area (Å²) in [6.07, 6.45) is 0. The summed E-state index contributed by atoms with van der Waals surface area (Å²) in [5.74, 6) is 0.128. The van der Waals surface area contributed by atoms with E-state index >= 15 is 0 Å². The molecule has 0 aliphatic carbocycles. The average molecular weight is 284 g/mol. The van der Waals surface area contributed by atoms with E-state index in [1.165, 1.54) is 18.4 Å². The van der Waals surface area contributed by atoms with Crippen LogP contribution in [0, 0.1) is 0 Å². The number of esters is 1. The normalized spacial score (nSPS) is 10.2. The molecule has 94 valence electrons. The second-order valence-corrected chi connectivity index (χ2v) is 4.63. The molecule has 0 fully saturated rings. The number of nitrogens with zero attached hydrogens (tertiary/aromatic N) is 1. The molecule has 2 rings (SSSR count). The van der Waals surface area contributed by atoms with Gasteiger partial charge in [0.15, 0.2) is 5.69 Å². The van der Waals surface area contributed by atoms with Gasteiger partial charge in [-0.15, -0.1) is 11.3 Å². The molecule has 2 aromatic rings. The van der Waals surface area contributed by atoms with E-state index in [0.29, 0.717) is 16.5 Å². The van der Waals surface area contributed by atoms with Crippen molar-refractivity contribution in [1.82, 2.24) is 4.98 Å². The Morgan fingerprint density at radius 1 is 1.39 bits per heavy atom. The van der Waals surface area contributed by atoms with Crippen LogP contribution in [-0.4, -0.2) is 25.2 Å². The fourth-order valence-corrected chi connectivity index (χ4v) is 2.53.